The molecule has 0 bridgehead atoms. The first-order valence-corrected chi connectivity index (χ1v) is 47.8. The third-order valence-electron chi connectivity index (χ3n) is 18.9. The predicted octanol–water partition coefficient (Wildman–Crippen LogP) is 35.5. The third kappa shape index (κ3) is 66.8. The molecule has 140 heavy (non-hydrogen) atoms. The zero-order chi connectivity index (χ0) is 100. The van der Waals surface area contributed by atoms with E-state index in [-0.39, 0.29) is 44.6 Å². The molecular formula is C118H184Cl2N18O2. The Morgan fingerprint density at radius 3 is 1.12 bits per heavy atom. The Hall–Kier alpha value is -11.7. The van der Waals surface area contributed by atoms with Gasteiger partial charge in [-0.3, -0.25) is 44.9 Å². The van der Waals surface area contributed by atoms with Crippen LogP contribution in [0.5, 0.6) is 0 Å². The highest BCUT2D eigenvalue weighted by atomic mass is 35.5. The zero-order valence-electron chi connectivity index (χ0n) is 86.6. The van der Waals surface area contributed by atoms with Gasteiger partial charge in [-0.25, -0.2) is 24.9 Å². The van der Waals surface area contributed by atoms with E-state index in [1.54, 1.807) is 68.4 Å². The van der Waals surface area contributed by atoms with E-state index < -0.39 is 0 Å². The first-order chi connectivity index (χ1) is 63.7. The van der Waals surface area contributed by atoms with Crippen molar-refractivity contribution in [3.05, 3.63) is 377 Å². The Labute approximate surface area is 860 Å². The van der Waals surface area contributed by atoms with E-state index >= 15 is 0 Å². The number of aromatic nitrogens is 17. The molecule has 0 saturated heterocycles. The lowest BCUT2D eigenvalue weighted by atomic mass is 10.0. The number of H-pyrrole nitrogens is 2. The summed E-state index contributed by atoms with van der Waals surface area (Å²) < 4.78 is 9.86. The second-order valence-electron chi connectivity index (χ2n) is 36.0. The number of pyridine rings is 7. The Balaban J connectivity index is -0.000000343. The van der Waals surface area contributed by atoms with E-state index in [4.69, 9.17) is 32.0 Å². The van der Waals surface area contributed by atoms with Crippen LogP contribution < -0.4 is 0 Å². The van der Waals surface area contributed by atoms with E-state index in [0.717, 1.165) is 52.3 Å². The molecule has 22 heteroatoms. The van der Waals surface area contributed by atoms with Crippen molar-refractivity contribution in [2.24, 2.45) is 10.9 Å². The molecule has 15 rings (SSSR count). The number of aromatic amines is 2. The number of aryl methyl sites for hydroxylation is 2. The molecule has 0 radical (unpaired) electrons. The van der Waals surface area contributed by atoms with E-state index in [1.165, 1.54) is 51.4 Å². The number of allylic oxidation sites excluding steroid dienone is 1. The fourth-order valence-corrected chi connectivity index (χ4v) is 11.1. The Bertz CT molecular complexity index is 4480. The summed E-state index contributed by atoms with van der Waals surface area (Å²) in [6, 6.07) is 48.6. The number of aliphatic imine (C=N–C) groups is 1. The summed E-state index contributed by atoms with van der Waals surface area (Å²) in [5.74, 6) is 10.3. The van der Waals surface area contributed by atoms with Crippen LogP contribution in [-0.4, -0.2) is 97.2 Å². The van der Waals surface area contributed by atoms with Gasteiger partial charge in [-0.1, -0.05) is 336 Å². The summed E-state index contributed by atoms with van der Waals surface area (Å²) >= 11 is 11.5. The van der Waals surface area contributed by atoms with Gasteiger partial charge >= 0.3 is 0 Å². The van der Waals surface area contributed by atoms with Crippen molar-refractivity contribution in [2.75, 3.05) is 6.54 Å². The molecule has 1 aliphatic heterocycles. The maximum Gasteiger partial charge on any atom is 0.218 e. The number of hydrogen-bond acceptors (Lipinski definition) is 18. The van der Waals surface area contributed by atoms with Crippen molar-refractivity contribution < 1.29 is 8.83 Å². The van der Waals surface area contributed by atoms with Crippen LogP contribution in [0.4, 0.5) is 0 Å². The minimum atomic E-state index is 0. The van der Waals surface area contributed by atoms with Gasteiger partial charge in [0.15, 0.2) is 5.89 Å². The lowest BCUT2D eigenvalue weighted by Crippen LogP contribution is -2.00. The fourth-order valence-electron chi connectivity index (χ4n) is 10.7. The van der Waals surface area contributed by atoms with Crippen molar-refractivity contribution in [1.82, 2.24) is 85.0 Å². The van der Waals surface area contributed by atoms with Crippen LogP contribution in [0, 0.1) is 19.8 Å². The molecule has 772 valence electrons. The SMILES string of the molecule is C.C.C.C.C.C.CC(C)C1=NCC=C1.CC(C)c1ccc(Cl)cn1.CC(C)c1ccc[nH]1.CC(C)c1ccccc1.CC(C)c1ccccn1.CC(C)c1ccccn1.CC(C)c1cccnc1.CC(C)c1cccnc1Cl.CC(C)c1ccncc1.CC(C)c1cnc[nH]1.CC(C)c1cnccn1.CC(C)c1ncccn1.CC(C)c1ncco1.CC(C)c1nnco1.Cc1cc(C)nc(C(C)C)c1. The Morgan fingerprint density at radius 2 is 0.829 bits per heavy atom. The lowest BCUT2D eigenvalue weighted by molar-refractivity contribution is 0.470. The third-order valence-corrected chi connectivity index (χ3v) is 19.5. The lowest BCUT2D eigenvalue weighted by Gasteiger charge is -2.06. The molecule has 13 aromatic heterocycles. The second-order valence-corrected chi connectivity index (χ2v) is 36.8. The first-order valence-electron chi connectivity index (χ1n) is 47.0. The molecule has 0 aliphatic carbocycles. The molecular weight excluding hydrogens is 1770 g/mol. The summed E-state index contributed by atoms with van der Waals surface area (Å²) in [5.41, 5.74) is 17.0. The van der Waals surface area contributed by atoms with Gasteiger partial charge in [0.25, 0.3) is 0 Å². The standard InChI is InChI=1S/C10H15N.C9H12.2C8H10ClN.4C8H11N.2C7H10N2.2C7H11N.C6H10N2.C6H9NO.C5H8N2O.6CH4/c1-7(2)10-6-8(3)5-9(4)11-10;1-8(2)9-6-4-3-5-7-9;1-6(2)8-4-3-7(9)5-10-8;1-6(2)7-4-3-5-10-8(7)9;1-7(2)8-3-5-9-6-4-8;1-7(2)8-4-3-5-9-6-8;2*1-7(2)8-5-3-4-6-9-8;1-6(2)7-5-8-3-4-9-7;1-6(2)7-8-4-3-5-9-7;2*1-6(2)7-4-3-5-8-7;1-5(2)6-3-7-4-8-6;1-5(2)6-7-3-4-8-6;1-4(2)5-7-6-3-8-5;;;;;;/h5-7H,1-4H3;3-8H,1-2H3;2*3-6H,1-2H3;4*3-7H,1-2H3;2*3-6H,1-2H3;3-4,6H,5H2,1-2H3;3-6,8H,1-2H3;3-5H,1-2H3,(H,7,8);3-5H,1-2H3;3-4H,1-2H3;6*1H4. The minimum Gasteiger partial charge on any atom is -0.449 e. The first kappa shape index (κ1) is 139. The van der Waals surface area contributed by atoms with Crippen molar-refractivity contribution in [3.63, 3.8) is 0 Å². The molecule has 1 aromatic carbocycles. The number of benzene rings is 1. The maximum absolute atomic E-state index is 5.81. The highest BCUT2D eigenvalue weighted by Crippen LogP contribution is 2.23. The van der Waals surface area contributed by atoms with Crippen molar-refractivity contribution in [3.8, 4) is 0 Å². The average Bonchev–Trinajstić information content (AvgIpc) is 0.968. The van der Waals surface area contributed by atoms with Crippen LogP contribution in [0.2, 0.25) is 10.2 Å². The second kappa shape index (κ2) is 83.1. The molecule has 0 amide bonds. The Kier molecular flexibility index (Phi) is 82.5. The van der Waals surface area contributed by atoms with E-state index in [2.05, 4.69) is 338 Å². The van der Waals surface area contributed by atoms with Gasteiger partial charge < -0.3 is 18.8 Å². The van der Waals surface area contributed by atoms with Crippen molar-refractivity contribution in [2.45, 2.75) is 349 Å². The summed E-state index contributed by atoms with van der Waals surface area (Å²) in [4.78, 5) is 63.3. The van der Waals surface area contributed by atoms with Crippen LogP contribution in [0.15, 0.2) is 290 Å². The maximum atomic E-state index is 5.81. The van der Waals surface area contributed by atoms with E-state index in [0.29, 0.717) is 105 Å². The molecule has 0 atom stereocenters. The fraction of sp³-hybridized carbons (Fsp3) is 0.458. The number of nitrogens with one attached hydrogen (secondary N) is 2. The molecule has 0 saturated carbocycles. The molecule has 0 fully saturated rings. The van der Waals surface area contributed by atoms with Crippen LogP contribution in [0.25, 0.3) is 0 Å². The summed E-state index contributed by atoms with van der Waals surface area (Å²) in [7, 11) is 0. The van der Waals surface area contributed by atoms with Crippen LogP contribution >= 0.6 is 23.2 Å². The largest absolute Gasteiger partial charge is 0.449 e. The van der Waals surface area contributed by atoms with Gasteiger partial charge in [-0.15, -0.1) is 10.2 Å². The van der Waals surface area contributed by atoms with Gasteiger partial charge in [-0.2, -0.15) is 0 Å². The molecule has 20 nitrogen and oxygen atoms in total. The highest BCUT2D eigenvalue weighted by molar-refractivity contribution is 6.30. The monoisotopic (exact) mass is 1960 g/mol. The van der Waals surface area contributed by atoms with Gasteiger partial charge in [-0.05, 0) is 210 Å². The number of hydrogen-bond donors (Lipinski definition) is 2. The quantitative estimate of drug-likeness (QED) is 0.0903. The normalized spacial score (nSPS) is 10.2. The Morgan fingerprint density at radius 1 is 0.321 bits per heavy atom. The van der Waals surface area contributed by atoms with Crippen LogP contribution in [0.1, 0.15) is 426 Å². The van der Waals surface area contributed by atoms with Gasteiger partial charge in [0, 0.05) is 156 Å². The number of rotatable bonds is 15. The van der Waals surface area contributed by atoms with Crippen molar-refractivity contribution in [1.29, 1.82) is 0 Å². The molecule has 14 aromatic rings. The smallest absolute Gasteiger partial charge is 0.218 e. The average molecular weight is 1960 g/mol. The number of nitrogens with zero attached hydrogens (tertiary/aromatic N) is 16. The summed E-state index contributed by atoms with van der Waals surface area (Å²) in [5, 5.41) is 8.55. The van der Waals surface area contributed by atoms with Gasteiger partial charge in [0.1, 0.15) is 17.2 Å². The number of imidazole rings is 1. The summed E-state index contributed by atoms with van der Waals surface area (Å²) in [6.07, 6.45) is 37.4. The van der Waals surface area contributed by atoms with E-state index in [1.807, 2.05) is 175 Å². The molecule has 1 aliphatic rings. The van der Waals surface area contributed by atoms with Gasteiger partial charge in [0.2, 0.25) is 12.3 Å². The molecule has 0 spiro atoms. The zero-order valence-corrected chi connectivity index (χ0v) is 88.1. The van der Waals surface area contributed by atoms with Crippen molar-refractivity contribution >= 4 is 28.9 Å². The molecule has 2 N–H and O–H groups in total. The molecule has 14 heterocycles. The molecule has 0 unspecified atom stereocenters. The number of oxazole rings is 1. The highest BCUT2D eigenvalue weighted by Gasteiger charge is 2.09. The number of halogens is 2. The minimum absolute atomic E-state index is 0. The van der Waals surface area contributed by atoms with E-state index in [9.17, 15) is 0 Å². The van der Waals surface area contributed by atoms with Crippen LogP contribution in [-0.2, 0) is 0 Å². The topological polar surface area (TPSA) is 264 Å². The van der Waals surface area contributed by atoms with Gasteiger partial charge in [0.05, 0.1) is 29.8 Å². The predicted molar refractivity (Wildman–Crippen MR) is 604 cm³/mol. The van der Waals surface area contributed by atoms with Crippen LogP contribution in [0.3, 0.4) is 0 Å². The summed E-state index contributed by atoms with van der Waals surface area (Å²) in [6.45, 7) is 68.9.